The third-order valence-electron chi connectivity index (χ3n) is 1.25. The summed E-state index contributed by atoms with van der Waals surface area (Å²) in [6.45, 7) is 0. The van der Waals surface area contributed by atoms with Gasteiger partial charge in [-0.2, -0.15) is 0 Å². The monoisotopic (exact) mass is 214 g/mol. The lowest BCUT2D eigenvalue weighted by Gasteiger charge is -2.10. The molecule has 0 heterocycles. The van der Waals surface area contributed by atoms with E-state index in [9.17, 15) is 0 Å². The second kappa shape index (κ2) is 3.65. The van der Waals surface area contributed by atoms with Gasteiger partial charge in [0.2, 0.25) is 0 Å². The minimum atomic E-state index is 1.43. The Morgan fingerprint density at radius 3 is 1.40 bits per heavy atom. The van der Waals surface area contributed by atoms with Gasteiger partial charge in [-0.25, -0.2) is 0 Å². The van der Waals surface area contributed by atoms with Crippen molar-refractivity contribution in [2.24, 2.45) is 0 Å². The molecule has 2 aliphatic carbocycles. The number of halogens is 2. The summed E-state index contributed by atoms with van der Waals surface area (Å²) in [7, 11) is 0. The average molecular weight is 215 g/mol. The molecule has 0 amide bonds. The Balaban J connectivity index is 0.000000112. The van der Waals surface area contributed by atoms with E-state index in [1.807, 2.05) is 0 Å². The van der Waals surface area contributed by atoms with Crippen LogP contribution in [0.3, 0.4) is 0 Å². The molecule has 0 atom stereocenters. The van der Waals surface area contributed by atoms with Crippen LogP contribution in [-0.2, 0) is 0 Å². The first kappa shape index (κ1) is 7.65. The lowest BCUT2D eigenvalue weighted by atomic mass is 9.95. The van der Waals surface area contributed by atoms with E-state index in [1.165, 1.54) is 11.1 Å². The fraction of sp³-hybridized carbons (Fsp3) is 0. The molecule has 50 valence electrons. The topological polar surface area (TPSA) is 0 Å². The van der Waals surface area contributed by atoms with Crippen molar-refractivity contribution in [2.75, 3.05) is 0 Å². The van der Waals surface area contributed by atoms with E-state index in [-0.39, 0.29) is 0 Å². The maximum absolute atomic E-state index is 4.78. The van der Waals surface area contributed by atoms with Gasteiger partial charge in [0, 0.05) is 21.3 Å². The van der Waals surface area contributed by atoms with Crippen molar-refractivity contribution in [2.45, 2.75) is 0 Å². The van der Waals surface area contributed by atoms with Crippen molar-refractivity contribution in [3.63, 3.8) is 0 Å². The highest BCUT2D eigenvalue weighted by atomic mass is 79.9. The minimum Gasteiger partial charge on any atom is -0.0538 e. The van der Waals surface area contributed by atoms with Gasteiger partial charge in [0.05, 0.1) is 0 Å². The molecular formula is C8H4BrCl. The van der Waals surface area contributed by atoms with E-state index in [1.54, 1.807) is 0 Å². The number of fused-ring (bicyclic) bond motifs is 1. The summed E-state index contributed by atoms with van der Waals surface area (Å²) in [5.41, 5.74) is 2.85. The molecule has 10 heavy (non-hydrogen) atoms. The fourth-order valence-electron chi connectivity index (χ4n) is 0.663. The van der Waals surface area contributed by atoms with Gasteiger partial charge in [-0.15, -0.1) is 0 Å². The van der Waals surface area contributed by atoms with E-state index < -0.39 is 0 Å². The Morgan fingerprint density at radius 1 is 1.10 bits per heavy atom. The highest BCUT2D eigenvalue weighted by Crippen LogP contribution is 2.29. The highest BCUT2D eigenvalue weighted by Gasteiger charge is 2.03. The maximum atomic E-state index is 4.78. The lowest BCUT2D eigenvalue weighted by molar-refractivity contribution is 1.55. The third-order valence-corrected chi connectivity index (χ3v) is 1.77. The summed E-state index contributed by atoms with van der Waals surface area (Å²) in [5, 5.41) is 2.07. The molecule has 0 nitrogen and oxygen atoms in total. The van der Waals surface area contributed by atoms with Crippen LogP contribution in [0.1, 0.15) is 0 Å². The molecule has 0 saturated carbocycles. The molecule has 0 bridgehead atoms. The molecule has 0 spiro atoms. The van der Waals surface area contributed by atoms with Gasteiger partial charge in [0.15, 0.2) is 0 Å². The molecule has 0 fully saturated rings. The van der Waals surface area contributed by atoms with Crippen molar-refractivity contribution >= 4 is 27.5 Å². The van der Waals surface area contributed by atoms with Gasteiger partial charge >= 0.3 is 0 Å². The number of benzene rings is 1. The molecule has 0 aliphatic heterocycles. The minimum absolute atomic E-state index is 1.43. The molecule has 0 radical (unpaired) electrons. The standard InChI is InChI=1S/C6H4.C2BrCl/c1-2-6-4-3-5(1)6;3-1-2-4/h1-4H;. The molecule has 2 aliphatic rings. The van der Waals surface area contributed by atoms with Crippen molar-refractivity contribution in [1.82, 2.24) is 0 Å². The Hall–Kier alpha value is -0.450. The van der Waals surface area contributed by atoms with Crippen LogP contribution >= 0.6 is 27.5 Å². The summed E-state index contributed by atoms with van der Waals surface area (Å²) >= 11 is 7.53. The van der Waals surface area contributed by atoms with Crippen molar-refractivity contribution in [3.8, 4) is 21.3 Å². The zero-order valence-electron chi connectivity index (χ0n) is 5.07. The zero-order valence-corrected chi connectivity index (χ0v) is 7.41. The fourth-order valence-corrected chi connectivity index (χ4v) is 0.663. The SMILES string of the molecule is ClC#CBr.c1cc2ccc1-2. The van der Waals surface area contributed by atoms with Gasteiger partial charge in [0.25, 0.3) is 0 Å². The van der Waals surface area contributed by atoms with Crippen molar-refractivity contribution in [3.05, 3.63) is 24.3 Å². The summed E-state index contributed by atoms with van der Waals surface area (Å²) in [5.74, 6) is 0. The van der Waals surface area contributed by atoms with E-state index in [0.717, 1.165) is 0 Å². The first-order valence-electron chi connectivity index (χ1n) is 2.70. The van der Waals surface area contributed by atoms with E-state index >= 15 is 0 Å². The van der Waals surface area contributed by atoms with Crippen LogP contribution in [0, 0.1) is 10.2 Å². The highest BCUT2D eigenvalue weighted by molar-refractivity contribution is 9.12. The second-order valence-electron chi connectivity index (χ2n) is 1.77. The van der Waals surface area contributed by atoms with Crippen LogP contribution in [0.15, 0.2) is 24.3 Å². The molecule has 0 aromatic carbocycles. The largest absolute Gasteiger partial charge is 0.0538 e. The van der Waals surface area contributed by atoms with Crippen LogP contribution < -0.4 is 0 Å². The molecule has 2 rings (SSSR count). The number of hydrogen-bond donors (Lipinski definition) is 0. The first-order valence-corrected chi connectivity index (χ1v) is 3.87. The van der Waals surface area contributed by atoms with Gasteiger partial charge < -0.3 is 0 Å². The maximum Gasteiger partial charge on any atom is 0.0167 e. The van der Waals surface area contributed by atoms with Gasteiger partial charge in [-0.05, 0) is 27.6 Å². The molecule has 0 aromatic rings. The van der Waals surface area contributed by atoms with Crippen LogP contribution in [0.4, 0.5) is 0 Å². The first-order chi connectivity index (χ1) is 4.88. The third kappa shape index (κ3) is 1.53. The van der Waals surface area contributed by atoms with Crippen LogP contribution in [0.25, 0.3) is 11.1 Å². The van der Waals surface area contributed by atoms with Gasteiger partial charge in [0.1, 0.15) is 0 Å². The molecule has 0 N–H and O–H groups in total. The van der Waals surface area contributed by atoms with E-state index in [0.29, 0.717) is 0 Å². The van der Waals surface area contributed by atoms with Crippen molar-refractivity contribution in [1.29, 1.82) is 0 Å². The molecule has 0 aromatic heterocycles. The molecule has 0 unspecified atom stereocenters. The average Bonchev–Trinajstić information content (AvgIpc) is 1.97. The molecular weight excluding hydrogens is 211 g/mol. The summed E-state index contributed by atoms with van der Waals surface area (Å²) in [6.07, 6.45) is 0. The Kier molecular flexibility index (Phi) is 2.80. The smallest absolute Gasteiger partial charge is 0.0167 e. The number of rotatable bonds is 0. The zero-order chi connectivity index (χ0) is 7.40. The predicted octanol–water partition coefficient (Wildman–Crippen LogP) is 3.21. The van der Waals surface area contributed by atoms with Crippen LogP contribution in [0.2, 0.25) is 0 Å². The quantitative estimate of drug-likeness (QED) is 0.592. The van der Waals surface area contributed by atoms with Gasteiger partial charge in [-0.1, -0.05) is 24.3 Å². The normalized spacial score (nSPS) is 8.20. The van der Waals surface area contributed by atoms with Crippen LogP contribution in [-0.4, -0.2) is 0 Å². The van der Waals surface area contributed by atoms with Crippen LogP contribution in [0.5, 0.6) is 0 Å². The second-order valence-corrected chi connectivity index (χ2v) is 2.35. The number of hydrogen-bond acceptors (Lipinski definition) is 0. The Labute approximate surface area is 73.3 Å². The summed E-state index contributed by atoms with van der Waals surface area (Å²) in [4.78, 5) is 2.26. The predicted molar refractivity (Wildman–Crippen MR) is 48.0 cm³/mol. The van der Waals surface area contributed by atoms with E-state index in [4.69, 9.17) is 11.6 Å². The summed E-state index contributed by atoms with van der Waals surface area (Å²) < 4.78 is 0. The Bertz CT molecular complexity index is 239. The lowest BCUT2D eigenvalue weighted by Crippen LogP contribution is -1.85. The van der Waals surface area contributed by atoms with E-state index in [2.05, 4.69) is 50.4 Å². The van der Waals surface area contributed by atoms with Gasteiger partial charge in [-0.3, -0.25) is 0 Å². The van der Waals surface area contributed by atoms with Crippen molar-refractivity contribution < 1.29 is 0 Å². The summed E-state index contributed by atoms with van der Waals surface area (Å²) in [6, 6.07) is 8.48. The molecule has 0 saturated heterocycles. The molecule has 2 heteroatoms. The Morgan fingerprint density at radius 2 is 1.40 bits per heavy atom.